The smallest absolute Gasteiger partial charge is 0.209 e. The van der Waals surface area contributed by atoms with Gasteiger partial charge in [-0.05, 0) is 31.8 Å². The molecule has 0 spiro atoms. The highest BCUT2D eigenvalue weighted by molar-refractivity contribution is 5.07. The Kier molecular flexibility index (Phi) is 3.40. The molecule has 0 saturated carbocycles. The van der Waals surface area contributed by atoms with Crippen molar-refractivity contribution in [2.75, 3.05) is 0 Å². The van der Waals surface area contributed by atoms with Crippen LogP contribution in [0.2, 0.25) is 0 Å². The van der Waals surface area contributed by atoms with Crippen LogP contribution in [0.3, 0.4) is 0 Å². The fraction of sp³-hybridized carbons (Fsp3) is 0.667. The van der Waals surface area contributed by atoms with Gasteiger partial charge < -0.3 is 0 Å². The van der Waals surface area contributed by atoms with Gasteiger partial charge >= 0.3 is 5.08 Å². The molecule has 0 heterocycles. The number of nitrogens with zero attached hydrogens (tertiary/aromatic N) is 2. The first-order valence-corrected chi connectivity index (χ1v) is 3.02. The summed E-state index contributed by atoms with van der Waals surface area (Å²) in [6.45, 7) is 4.89. The molecule has 0 bridgehead atoms. The summed E-state index contributed by atoms with van der Waals surface area (Å²) in [4.78, 5) is 0. The number of hydrogen-bond acceptors (Lipinski definition) is 2. The van der Waals surface area contributed by atoms with Crippen molar-refractivity contribution in [2.45, 2.75) is 26.8 Å². The van der Waals surface area contributed by atoms with Crippen LogP contribution in [0.1, 0.15) is 20.8 Å². The number of rotatable bonds is 2. The molecule has 3 nitrogen and oxygen atoms in total. The van der Waals surface area contributed by atoms with E-state index in [1.165, 1.54) is 0 Å². The number of nitrogens with one attached hydrogen (secondary N) is 1. The van der Waals surface area contributed by atoms with Crippen LogP contribution < -0.4 is 5.43 Å². The van der Waals surface area contributed by atoms with Crippen LogP contribution in [0.4, 0.5) is 4.39 Å². The Balaban J connectivity index is 4.11. The van der Waals surface area contributed by atoms with Crippen molar-refractivity contribution in [1.29, 1.82) is 5.39 Å². The third kappa shape index (κ3) is 2.44. The molecule has 0 aliphatic rings. The van der Waals surface area contributed by atoms with Gasteiger partial charge in [0.25, 0.3) is 5.39 Å². The van der Waals surface area contributed by atoms with Crippen LogP contribution in [0, 0.1) is 5.39 Å². The Labute approximate surface area is 59.5 Å². The Hall–Kier alpha value is -1.11. The van der Waals surface area contributed by atoms with Gasteiger partial charge in [0, 0.05) is 0 Å². The third-order valence-corrected chi connectivity index (χ3v) is 1.11. The van der Waals surface area contributed by atoms with E-state index < -0.39 is 6.04 Å². The SMILES string of the molecule is CC(C)=C(F)C(C)N[N+]#N. The summed E-state index contributed by atoms with van der Waals surface area (Å²) in [5.74, 6) is -0.294. The molecule has 0 amide bonds. The summed E-state index contributed by atoms with van der Waals surface area (Å²) in [5, 5.41) is 10.6. The zero-order valence-corrected chi connectivity index (χ0v) is 6.35. The molecule has 0 rings (SSSR count). The van der Waals surface area contributed by atoms with Crippen molar-refractivity contribution >= 4 is 0 Å². The number of diazo groups is 1. The summed E-state index contributed by atoms with van der Waals surface area (Å²) < 4.78 is 12.8. The second-order valence-electron chi connectivity index (χ2n) is 2.30. The predicted octanol–water partition coefficient (Wildman–Crippen LogP) is 2.00. The van der Waals surface area contributed by atoms with Gasteiger partial charge in [-0.25, -0.2) is 4.39 Å². The van der Waals surface area contributed by atoms with E-state index in [-0.39, 0.29) is 5.83 Å². The molecule has 4 heteroatoms. The highest BCUT2D eigenvalue weighted by Crippen LogP contribution is 2.09. The molecule has 0 aromatic carbocycles. The highest BCUT2D eigenvalue weighted by atomic mass is 19.1. The van der Waals surface area contributed by atoms with Crippen LogP contribution in [-0.2, 0) is 0 Å². The normalized spacial score (nSPS) is 11.5. The van der Waals surface area contributed by atoms with Crippen LogP contribution >= 0.6 is 0 Å². The first-order chi connectivity index (χ1) is 4.59. The lowest BCUT2D eigenvalue weighted by atomic mass is 10.2. The van der Waals surface area contributed by atoms with Crippen molar-refractivity contribution in [3.05, 3.63) is 16.5 Å². The van der Waals surface area contributed by atoms with Gasteiger partial charge in [-0.2, -0.15) is 0 Å². The molecule has 0 fully saturated rings. The molecular weight excluding hydrogens is 133 g/mol. The van der Waals surface area contributed by atoms with Gasteiger partial charge in [0.1, 0.15) is 11.9 Å². The summed E-state index contributed by atoms with van der Waals surface area (Å²) in [6, 6.07) is -0.546. The van der Waals surface area contributed by atoms with E-state index in [9.17, 15) is 4.39 Å². The molecule has 0 radical (unpaired) electrons. The first kappa shape index (κ1) is 8.89. The maximum Gasteiger partial charge on any atom is 0.303 e. The van der Waals surface area contributed by atoms with E-state index in [1.807, 2.05) is 0 Å². The van der Waals surface area contributed by atoms with Crippen molar-refractivity contribution in [1.82, 2.24) is 5.43 Å². The van der Waals surface area contributed by atoms with Gasteiger partial charge in [0.05, 0.1) is 0 Å². The van der Waals surface area contributed by atoms with Crippen molar-refractivity contribution < 1.29 is 4.39 Å². The second-order valence-corrected chi connectivity index (χ2v) is 2.30. The molecule has 10 heavy (non-hydrogen) atoms. The Morgan fingerprint density at radius 2 is 2.10 bits per heavy atom. The molecule has 0 aliphatic heterocycles. The van der Waals surface area contributed by atoms with Crippen LogP contribution in [0.5, 0.6) is 0 Å². The minimum atomic E-state index is -0.546. The molecule has 0 aliphatic carbocycles. The lowest BCUT2D eigenvalue weighted by molar-refractivity contribution is 0.512. The molecule has 1 N–H and O–H groups in total. The topological polar surface area (TPSA) is 40.2 Å². The lowest BCUT2D eigenvalue weighted by Crippen LogP contribution is -2.19. The quantitative estimate of drug-likeness (QED) is 0.475. The molecule has 56 valence electrons. The minimum absolute atomic E-state index is 0.294. The predicted molar refractivity (Wildman–Crippen MR) is 37.2 cm³/mol. The average Bonchev–Trinajstić information content (AvgIpc) is 1.87. The van der Waals surface area contributed by atoms with Crippen LogP contribution in [0.15, 0.2) is 11.4 Å². The zero-order valence-electron chi connectivity index (χ0n) is 6.35. The van der Waals surface area contributed by atoms with Gasteiger partial charge in [0.2, 0.25) is 0 Å². The minimum Gasteiger partial charge on any atom is -0.209 e. The largest absolute Gasteiger partial charge is 0.303 e. The van der Waals surface area contributed by atoms with Crippen LogP contribution in [-0.4, -0.2) is 6.04 Å². The number of allylic oxidation sites excluding steroid dienone is 1. The average molecular weight is 144 g/mol. The molecule has 0 saturated heterocycles. The van der Waals surface area contributed by atoms with E-state index >= 15 is 0 Å². The van der Waals surface area contributed by atoms with E-state index in [0.717, 1.165) is 0 Å². The summed E-state index contributed by atoms with van der Waals surface area (Å²) in [7, 11) is 0. The Bertz CT molecular complexity index is 176. The molecule has 1 atom stereocenters. The van der Waals surface area contributed by atoms with E-state index in [0.29, 0.717) is 5.57 Å². The molecule has 0 aromatic rings. The second kappa shape index (κ2) is 3.83. The number of halogens is 1. The van der Waals surface area contributed by atoms with Crippen molar-refractivity contribution in [3.8, 4) is 0 Å². The highest BCUT2D eigenvalue weighted by Gasteiger charge is 2.13. The summed E-state index contributed by atoms with van der Waals surface area (Å²) in [6.07, 6.45) is 0. The monoisotopic (exact) mass is 144 g/mol. The summed E-state index contributed by atoms with van der Waals surface area (Å²) in [5.41, 5.74) is 2.76. The fourth-order valence-corrected chi connectivity index (χ4v) is 0.576. The fourth-order valence-electron chi connectivity index (χ4n) is 0.576. The maximum atomic E-state index is 12.8. The molecule has 0 aromatic heterocycles. The molecule has 1 unspecified atom stereocenters. The van der Waals surface area contributed by atoms with Gasteiger partial charge in [-0.15, -0.1) is 0 Å². The van der Waals surface area contributed by atoms with Gasteiger partial charge in [-0.3, -0.25) is 0 Å². The third-order valence-electron chi connectivity index (χ3n) is 1.11. The van der Waals surface area contributed by atoms with Gasteiger partial charge in [0.15, 0.2) is 0 Å². The first-order valence-electron chi connectivity index (χ1n) is 3.02. The Morgan fingerprint density at radius 3 is 2.40 bits per heavy atom. The number of hydrogen-bond donors (Lipinski definition) is 1. The standard InChI is InChI=1S/C6H11FN3/c1-4(2)6(7)5(3)9-10-8/h5,9H,1-3H3/q+1. The molecular formula is C6H11FN3+. The van der Waals surface area contributed by atoms with Gasteiger partial charge in [-0.1, -0.05) is 0 Å². The Morgan fingerprint density at radius 1 is 1.60 bits per heavy atom. The van der Waals surface area contributed by atoms with E-state index in [4.69, 9.17) is 5.39 Å². The zero-order chi connectivity index (χ0) is 8.15. The van der Waals surface area contributed by atoms with E-state index in [1.54, 1.807) is 20.8 Å². The van der Waals surface area contributed by atoms with Crippen molar-refractivity contribution in [3.63, 3.8) is 0 Å². The van der Waals surface area contributed by atoms with Crippen molar-refractivity contribution in [2.24, 2.45) is 0 Å². The van der Waals surface area contributed by atoms with E-state index in [2.05, 4.69) is 10.5 Å². The maximum absolute atomic E-state index is 12.8. The summed E-state index contributed by atoms with van der Waals surface area (Å²) >= 11 is 0. The van der Waals surface area contributed by atoms with Crippen LogP contribution in [0.25, 0.3) is 5.08 Å². The lowest BCUT2D eigenvalue weighted by Gasteiger charge is -2.00.